The van der Waals surface area contributed by atoms with Crippen molar-refractivity contribution >= 4 is 11.3 Å². The van der Waals surface area contributed by atoms with Gasteiger partial charge < -0.3 is 9.30 Å². The van der Waals surface area contributed by atoms with Crippen LogP contribution in [0.5, 0.6) is 5.75 Å². The molecule has 0 aliphatic carbocycles. The second-order valence-electron chi connectivity index (χ2n) is 5.29. The highest BCUT2D eigenvalue weighted by molar-refractivity contribution is 7.13. The molecule has 0 fully saturated rings. The molecule has 22 heavy (non-hydrogen) atoms. The van der Waals surface area contributed by atoms with E-state index in [1.807, 2.05) is 35.8 Å². The fraction of sp³-hybridized carbons (Fsp3) is 0.312. The zero-order chi connectivity index (χ0) is 14.8. The molecule has 1 aliphatic rings. The first-order valence-corrected chi connectivity index (χ1v) is 8.32. The number of ether oxygens (including phenoxy) is 1. The van der Waals surface area contributed by atoms with Crippen molar-refractivity contribution < 1.29 is 4.74 Å². The van der Waals surface area contributed by atoms with Crippen LogP contribution in [0.1, 0.15) is 24.5 Å². The van der Waals surface area contributed by atoms with Crippen molar-refractivity contribution in [2.75, 3.05) is 0 Å². The molecule has 0 saturated heterocycles. The van der Waals surface area contributed by atoms with Gasteiger partial charge in [-0.25, -0.2) is 4.98 Å². The zero-order valence-corrected chi connectivity index (χ0v) is 12.9. The molecular weight excluding hydrogens is 296 g/mol. The number of hydrogen-bond acceptors (Lipinski definition) is 5. The topological polar surface area (TPSA) is 52.8 Å². The first-order valence-electron chi connectivity index (χ1n) is 7.44. The van der Waals surface area contributed by atoms with Crippen LogP contribution in [0, 0.1) is 0 Å². The van der Waals surface area contributed by atoms with Gasteiger partial charge in [0.1, 0.15) is 23.2 Å². The lowest BCUT2D eigenvalue weighted by molar-refractivity contribution is 0.286. The third-order valence-corrected chi connectivity index (χ3v) is 4.64. The lowest BCUT2D eigenvalue weighted by Gasteiger charge is -2.15. The second kappa shape index (κ2) is 5.88. The van der Waals surface area contributed by atoms with Gasteiger partial charge in [0, 0.05) is 30.1 Å². The minimum Gasteiger partial charge on any atom is -0.486 e. The molecule has 2 aromatic heterocycles. The minimum absolute atomic E-state index is 0.453. The van der Waals surface area contributed by atoms with Gasteiger partial charge in [-0.15, -0.1) is 21.5 Å². The molecule has 4 rings (SSSR count). The van der Waals surface area contributed by atoms with Crippen LogP contribution in [0.2, 0.25) is 0 Å². The number of nitrogens with zero attached hydrogens (tertiary/aromatic N) is 4. The highest BCUT2D eigenvalue weighted by Gasteiger charge is 2.15. The molecule has 112 valence electrons. The number of hydrogen-bond donors (Lipinski definition) is 0. The van der Waals surface area contributed by atoms with E-state index in [-0.39, 0.29) is 0 Å². The Hall–Kier alpha value is -2.21. The number of aryl methyl sites for hydroxylation is 1. The van der Waals surface area contributed by atoms with Crippen LogP contribution in [0.25, 0.3) is 10.6 Å². The second-order valence-corrected chi connectivity index (χ2v) is 6.19. The predicted octanol–water partition coefficient (Wildman–Crippen LogP) is 3.32. The summed E-state index contributed by atoms with van der Waals surface area (Å²) in [6.07, 6.45) is 5.23. The third-order valence-electron chi connectivity index (χ3n) is 3.82. The van der Waals surface area contributed by atoms with Crippen LogP contribution < -0.4 is 4.74 Å². The van der Waals surface area contributed by atoms with Crippen molar-refractivity contribution in [3.63, 3.8) is 0 Å². The van der Waals surface area contributed by atoms with Crippen LogP contribution in [0.15, 0.2) is 35.8 Å². The van der Waals surface area contributed by atoms with Crippen LogP contribution in [-0.2, 0) is 19.6 Å². The third kappa shape index (κ3) is 2.62. The van der Waals surface area contributed by atoms with Gasteiger partial charge in [0.2, 0.25) is 0 Å². The Morgan fingerprint density at radius 2 is 2.23 bits per heavy atom. The van der Waals surface area contributed by atoms with E-state index in [1.54, 1.807) is 11.3 Å². The Labute approximate surface area is 132 Å². The summed E-state index contributed by atoms with van der Waals surface area (Å²) in [4.78, 5) is 4.33. The number of thiazole rings is 1. The molecule has 6 heteroatoms. The SMILES string of the molecule is c1cc(OCc2nnc3n2CCCC3)cc(-c2nccs2)c1. The highest BCUT2D eigenvalue weighted by atomic mass is 32.1. The molecule has 0 bridgehead atoms. The first-order chi connectivity index (χ1) is 10.9. The molecule has 3 aromatic rings. The molecule has 1 aromatic carbocycles. The van der Waals surface area contributed by atoms with Crippen LogP contribution >= 0.6 is 11.3 Å². The molecule has 0 unspecified atom stereocenters. The largest absolute Gasteiger partial charge is 0.486 e. The summed E-state index contributed by atoms with van der Waals surface area (Å²) in [6, 6.07) is 8.02. The number of aromatic nitrogens is 4. The molecule has 0 N–H and O–H groups in total. The van der Waals surface area contributed by atoms with Crippen LogP contribution in [0.3, 0.4) is 0 Å². The van der Waals surface area contributed by atoms with E-state index in [2.05, 4.69) is 19.7 Å². The van der Waals surface area contributed by atoms with E-state index in [4.69, 9.17) is 4.74 Å². The average molecular weight is 312 g/mol. The Morgan fingerprint density at radius 3 is 3.14 bits per heavy atom. The van der Waals surface area contributed by atoms with Crippen LogP contribution in [-0.4, -0.2) is 19.7 Å². The van der Waals surface area contributed by atoms with Crippen molar-refractivity contribution in [2.45, 2.75) is 32.4 Å². The Kier molecular flexibility index (Phi) is 3.60. The van der Waals surface area contributed by atoms with Gasteiger partial charge in [-0.05, 0) is 25.0 Å². The van der Waals surface area contributed by atoms with Crippen molar-refractivity contribution in [2.24, 2.45) is 0 Å². The van der Waals surface area contributed by atoms with Crippen molar-refractivity contribution in [1.29, 1.82) is 0 Å². The summed E-state index contributed by atoms with van der Waals surface area (Å²) >= 11 is 1.63. The van der Waals surface area contributed by atoms with Gasteiger partial charge in [-0.1, -0.05) is 12.1 Å². The number of fused-ring (bicyclic) bond motifs is 1. The number of rotatable bonds is 4. The molecular formula is C16H16N4OS. The Balaban J connectivity index is 1.50. The van der Waals surface area contributed by atoms with Crippen LogP contribution in [0.4, 0.5) is 0 Å². The van der Waals surface area contributed by atoms with Crippen molar-refractivity contribution in [3.8, 4) is 16.3 Å². The summed E-state index contributed by atoms with van der Waals surface area (Å²) in [6.45, 7) is 1.45. The normalized spacial score (nSPS) is 13.8. The molecule has 0 saturated carbocycles. The lowest BCUT2D eigenvalue weighted by atomic mass is 10.2. The van der Waals surface area contributed by atoms with Gasteiger partial charge in [0.05, 0.1) is 0 Å². The molecule has 5 nitrogen and oxygen atoms in total. The smallest absolute Gasteiger partial charge is 0.171 e. The molecule has 0 amide bonds. The van der Waals surface area contributed by atoms with E-state index in [9.17, 15) is 0 Å². The predicted molar refractivity (Wildman–Crippen MR) is 84.8 cm³/mol. The van der Waals surface area contributed by atoms with Gasteiger partial charge in [0.25, 0.3) is 0 Å². The molecule has 1 aliphatic heterocycles. The van der Waals surface area contributed by atoms with E-state index in [0.717, 1.165) is 40.9 Å². The summed E-state index contributed by atoms with van der Waals surface area (Å²) < 4.78 is 8.10. The minimum atomic E-state index is 0.453. The zero-order valence-electron chi connectivity index (χ0n) is 12.1. The fourth-order valence-electron chi connectivity index (χ4n) is 2.71. The van der Waals surface area contributed by atoms with Crippen molar-refractivity contribution in [3.05, 3.63) is 47.5 Å². The van der Waals surface area contributed by atoms with E-state index >= 15 is 0 Å². The maximum atomic E-state index is 5.91. The Morgan fingerprint density at radius 1 is 1.23 bits per heavy atom. The molecule has 3 heterocycles. The first kappa shape index (κ1) is 13.5. The van der Waals surface area contributed by atoms with E-state index < -0.39 is 0 Å². The highest BCUT2D eigenvalue weighted by Crippen LogP contribution is 2.26. The molecule has 0 atom stereocenters. The van der Waals surface area contributed by atoms with Gasteiger partial charge in [-0.2, -0.15) is 0 Å². The number of benzene rings is 1. The summed E-state index contributed by atoms with van der Waals surface area (Å²) in [5.41, 5.74) is 1.08. The quantitative estimate of drug-likeness (QED) is 0.741. The average Bonchev–Trinajstić information content (AvgIpc) is 3.23. The van der Waals surface area contributed by atoms with Gasteiger partial charge >= 0.3 is 0 Å². The van der Waals surface area contributed by atoms with E-state index in [1.165, 1.54) is 12.8 Å². The maximum Gasteiger partial charge on any atom is 0.171 e. The lowest BCUT2D eigenvalue weighted by Crippen LogP contribution is -2.14. The summed E-state index contributed by atoms with van der Waals surface area (Å²) in [7, 11) is 0. The maximum absolute atomic E-state index is 5.91. The van der Waals surface area contributed by atoms with Gasteiger partial charge in [-0.3, -0.25) is 0 Å². The standard InChI is InChI=1S/C16H16N4OS/c1-2-8-20-14(6-1)18-19-15(20)11-21-13-5-3-4-12(10-13)16-17-7-9-22-16/h3-5,7,9-10H,1-2,6,8,11H2. The van der Waals surface area contributed by atoms with Crippen molar-refractivity contribution in [1.82, 2.24) is 19.7 Å². The monoisotopic (exact) mass is 312 g/mol. The summed E-state index contributed by atoms with van der Waals surface area (Å²) in [5, 5.41) is 11.5. The van der Waals surface area contributed by atoms with Gasteiger partial charge in [0.15, 0.2) is 5.82 Å². The van der Waals surface area contributed by atoms with E-state index in [0.29, 0.717) is 6.61 Å². The Bertz CT molecular complexity index is 766. The molecule has 0 radical (unpaired) electrons. The molecule has 0 spiro atoms. The fourth-order valence-corrected chi connectivity index (χ4v) is 3.34. The summed E-state index contributed by atoms with van der Waals surface area (Å²) in [5.74, 6) is 2.83.